The zero-order valence-corrected chi connectivity index (χ0v) is 12.2. The predicted molar refractivity (Wildman–Crippen MR) is 74.0 cm³/mol. The molecular weight excluding hydrogens is 248 g/mol. The molecule has 0 spiro atoms. The summed E-state index contributed by atoms with van der Waals surface area (Å²) in [5, 5.41) is 0. The van der Waals surface area contributed by atoms with Crippen LogP contribution in [0.4, 0.5) is 0 Å². The number of hydrogen-bond acceptors (Lipinski definition) is 3. The molecule has 0 bridgehead atoms. The summed E-state index contributed by atoms with van der Waals surface area (Å²) in [6.07, 6.45) is 5.71. The highest BCUT2D eigenvalue weighted by Crippen LogP contribution is 2.25. The molecule has 4 nitrogen and oxygen atoms in total. The van der Waals surface area contributed by atoms with Crippen molar-refractivity contribution in [3.8, 4) is 0 Å². The van der Waals surface area contributed by atoms with Gasteiger partial charge in [0.1, 0.15) is 0 Å². The average molecular weight is 274 g/mol. The maximum Gasteiger partial charge on any atom is 0.211 e. The minimum Gasteiger partial charge on any atom is -0.303 e. The van der Waals surface area contributed by atoms with Gasteiger partial charge in [-0.2, -0.15) is 0 Å². The molecule has 1 saturated heterocycles. The normalized spacial score (nSPS) is 27.1. The summed E-state index contributed by atoms with van der Waals surface area (Å²) in [7, 11) is -3.05. The molecule has 2 rings (SSSR count). The van der Waals surface area contributed by atoms with Gasteiger partial charge in [-0.1, -0.05) is 19.8 Å². The molecule has 5 heteroatoms. The van der Waals surface area contributed by atoms with Crippen molar-refractivity contribution in [2.24, 2.45) is 11.8 Å². The quantitative estimate of drug-likeness (QED) is 0.797. The fourth-order valence-electron chi connectivity index (χ4n) is 3.16. The summed E-state index contributed by atoms with van der Waals surface area (Å²) in [5.41, 5.74) is 0. The molecule has 1 aliphatic carbocycles. The van der Waals surface area contributed by atoms with Gasteiger partial charge < -0.3 is 4.90 Å². The first-order chi connectivity index (χ1) is 8.59. The Bertz CT molecular complexity index is 350. The van der Waals surface area contributed by atoms with Crippen LogP contribution in [0.15, 0.2) is 0 Å². The van der Waals surface area contributed by atoms with E-state index in [-0.39, 0.29) is 0 Å². The van der Waals surface area contributed by atoms with Gasteiger partial charge in [0.25, 0.3) is 0 Å². The third-order valence-corrected chi connectivity index (χ3v) is 5.86. The maximum absolute atomic E-state index is 12.0. The monoisotopic (exact) mass is 274 g/mol. The molecule has 1 atom stereocenters. The minimum atomic E-state index is -3.05. The average Bonchev–Trinajstić information content (AvgIpc) is 2.96. The van der Waals surface area contributed by atoms with Crippen LogP contribution in [-0.4, -0.2) is 45.2 Å². The van der Waals surface area contributed by atoms with Gasteiger partial charge in [0, 0.05) is 13.1 Å². The van der Waals surface area contributed by atoms with Crippen LogP contribution >= 0.6 is 0 Å². The topological polar surface area (TPSA) is 49.4 Å². The number of nitrogens with one attached hydrogen (secondary N) is 1. The van der Waals surface area contributed by atoms with Crippen molar-refractivity contribution in [3.05, 3.63) is 0 Å². The third-order valence-electron chi connectivity index (χ3n) is 4.34. The van der Waals surface area contributed by atoms with Crippen LogP contribution in [-0.2, 0) is 10.0 Å². The lowest BCUT2D eigenvalue weighted by molar-refractivity contribution is 0.342. The second-order valence-electron chi connectivity index (χ2n) is 5.83. The first-order valence-corrected chi connectivity index (χ1v) is 8.94. The molecule has 0 aromatic heterocycles. The van der Waals surface area contributed by atoms with Crippen molar-refractivity contribution >= 4 is 10.0 Å². The Morgan fingerprint density at radius 1 is 1.17 bits per heavy atom. The van der Waals surface area contributed by atoms with E-state index in [1.54, 1.807) is 0 Å². The Morgan fingerprint density at radius 2 is 1.89 bits per heavy atom. The van der Waals surface area contributed by atoms with Crippen LogP contribution in [0.2, 0.25) is 0 Å². The van der Waals surface area contributed by atoms with Crippen LogP contribution in [0, 0.1) is 11.8 Å². The van der Waals surface area contributed by atoms with Crippen LogP contribution < -0.4 is 4.72 Å². The molecule has 0 aromatic carbocycles. The molecule has 1 unspecified atom stereocenters. The summed E-state index contributed by atoms with van der Waals surface area (Å²) in [5.74, 6) is 1.25. The predicted octanol–water partition coefficient (Wildman–Crippen LogP) is 1.44. The zero-order valence-electron chi connectivity index (χ0n) is 11.4. The summed E-state index contributed by atoms with van der Waals surface area (Å²) in [6, 6.07) is 0. The van der Waals surface area contributed by atoms with Gasteiger partial charge >= 0.3 is 0 Å². The first kappa shape index (κ1) is 14.3. The fourth-order valence-corrected chi connectivity index (χ4v) is 4.72. The van der Waals surface area contributed by atoms with Gasteiger partial charge in [-0.15, -0.1) is 0 Å². The minimum absolute atomic E-state index is 0.344. The molecule has 1 saturated carbocycles. The Morgan fingerprint density at radius 3 is 2.50 bits per heavy atom. The highest BCUT2D eigenvalue weighted by atomic mass is 32.2. The van der Waals surface area contributed by atoms with Gasteiger partial charge in [-0.25, -0.2) is 13.1 Å². The first-order valence-electron chi connectivity index (χ1n) is 7.28. The van der Waals surface area contributed by atoms with E-state index in [9.17, 15) is 8.42 Å². The smallest absolute Gasteiger partial charge is 0.211 e. The van der Waals surface area contributed by atoms with Gasteiger partial charge in [-0.05, 0) is 44.2 Å². The van der Waals surface area contributed by atoms with E-state index in [0.717, 1.165) is 38.9 Å². The van der Waals surface area contributed by atoms with Gasteiger partial charge in [0.15, 0.2) is 0 Å². The Balaban J connectivity index is 1.71. The SMILES string of the molecule is CCN1CCC(CNS(=O)(=O)CC2CCCC2)C1. The summed E-state index contributed by atoms with van der Waals surface area (Å²) in [4.78, 5) is 2.38. The Hall–Kier alpha value is -0.130. The third kappa shape index (κ3) is 4.21. The van der Waals surface area contributed by atoms with Crippen LogP contribution in [0.1, 0.15) is 39.0 Å². The van der Waals surface area contributed by atoms with E-state index in [1.807, 2.05) is 0 Å². The molecule has 0 radical (unpaired) electrons. The molecule has 18 heavy (non-hydrogen) atoms. The highest BCUT2D eigenvalue weighted by molar-refractivity contribution is 7.89. The molecule has 1 heterocycles. The van der Waals surface area contributed by atoms with Crippen LogP contribution in [0.3, 0.4) is 0 Å². The Labute approximate surface area is 111 Å². The lowest BCUT2D eigenvalue weighted by atomic mass is 10.1. The van der Waals surface area contributed by atoms with Crippen LogP contribution in [0.5, 0.6) is 0 Å². The largest absolute Gasteiger partial charge is 0.303 e. The lowest BCUT2D eigenvalue weighted by Crippen LogP contribution is -2.34. The van der Waals surface area contributed by atoms with E-state index < -0.39 is 10.0 Å². The standard InChI is InChI=1S/C13H26N2O2S/c1-2-15-8-7-13(10-15)9-14-18(16,17)11-12-5-3-4-6-12/h12-14H,2-11H2,1H3. The van der Waals surface area contributed by atoms with Crippen LogP contribution in [0.25, 0.3) is 0 Å². The molecule has 106 valence electrons. The lowest BCUT2D eigenvalue weighted by Gasteiger charge is -2.15. The molecule has 2 fully saturated rings. The molecular formula is C13H26N2O2S. The molecule has 1 N–H and O–H groups in total. The highest BCUT2D eigenvalue weighted by Gasteiger charge is 2.25. The van der Waals surface area contributed by atoms with Crippen molar-refractivity contribution in [2.45, 2.75) is 39.0 Å². The van der Waals surface area contributed by atoms with Crippen molar-refractivity contribution in [1.82, 2.24) is 9.62 Å². The number of hydrogen-bond donors (Lipinski definition) is 1. The zero-order chi connectivity index (χ0) is 13.0. The van der Waals surface area contributed by atoms with Crippen molar-refractivity contribution in [2.75, 3.05) is 31.9 Å². The van der Waals surface area contributed by atoms with E-state index in [1.165, 1.54) is 12.8 Å². The summed E-state index contributed by atoms with van der Waals surface area (Å²) < 4.78 is 26.8. The number of sulfonamides is 1. The van der Waals surface area contributed by atoms with E-state index in [2.05, 4.69) is 16.5 Å². The van der Waals surface area contributed by atoms with E-state index in [4.69, 9.17) is 0 Å². The number of nitrogens with zero attached hydrogens (tertiary/aromatic N) is 1. The van der Waals surface area contributed by atoms with Gasteiger partial charge in [0.05, 0.1) is 5.75 Å². The molecule has 0 aromatic rings. The van der Waals surface area contributed by atoms with E-state index >= 15 is 0 Å². The molecule has 0 amide bonds. The fraction of sp³-hybridized carbons (Fsp3) is 1.00. The van der Waals surface area contributed by atoms with Crippen molar-refractivity contribution in [1.29, 1.82) is 0 Å². The summed E-state index contributed by atoms with van der Waals surface area (Å²) in [6.45, 7) is 6.03. The summed E-state index contributed by atoms with van der Waals surface area (Å²) >= 11 is 0. The second kappa shape index (κ2) is 6.35. The van der Waals surface area contributed by atoms with Gasteiger partial charge in [0.2, 0.25) is 10.0 Å². The second-order valence-corrected chi connectivity index (χ2v) is 7.68. The number of rotatable bonds is 6. The maximum atomic E-state index is 12.0. The molecule has 2 aliphatic rings. The van der Waals surface area contributed by atoms with Gasteiger partial charge in [-0.3, -0.25) is 0 Å². The van der Waals surface area contributed by atoms with Crippen molar-refractivity contribution < 1.29 is 8.42 Å². The Kier molecular flexibility index (Phi) is 5.04. The van der Waals surface area contributed by atoms with E-state index in [0.29, 0.717) is 24.1 Å². The molecule has 1 aliphatic heterocycles. The number of likely N-dealkylation sites (tertiary alicyclic amines) is 1. The van der Waals surface area contributed by atoms with Crippen molar-refractivity contribution in [3.63, 3.8) is 0 Å².